The number of carbonyl (C=O) groups is 1. The third-order valence-electron chi connectivity index (χ3n) is 6.47. The van der Waals surface area contributed by atoms with E-state index in [1.807, 2.05) is 71.6 Å². The van der Waals surface area contributed by atoms with Crippen LogP contribution in [0.2, 0.25) is 0 Å². The first-order chi connectivity index (χ1) is 16.2. The summed E-state index contributed by atoms with van der Waals surface area (Å²) in [6.07, 6.45) is 1.73. The Hall–Kier alpha value is -3.85. The Labute approximate surface area is 195 Å². The Morgan fingerprint density at radius 2 is 1.39 bits per heavy atom. The second-order valence-electron chi connectivity index (χ2n) is 8.50. The summed E-state index contributed by atoms with van der Waals surface area (Å²) in [6.45, 7) is 0.560. The maximum absolute atomic E-state index is 14.3. The maximum atomic E-state index is 14.3. The first kappa shape index (κ1) is 21.0. The number of amides is 1. The fourth-order valence-electron chi connectivity index (χ4n) is 4.83. The van der Waals surface area contributed by atoms with Crippen molar-refractivity contribution in [2.24, 2.45) is 0 Å². The average Bonchev–Trinajstić information content (AvgIpc) is 3.31. The van der Waals surface area contributed by atoms with Crippen LogP contribution in [0.25, 0.3) is 11.1 Å². The molecule has 0 spiro atoms. The van der Waals surface area contributed by atoms with Crippen molar-refractivity contribution in [2.75, 3.05) is 7.11 Å². The van der Waals surface area contributed by atoms with Crippen LogP contribution in [0.15, 0.2) is 103 Å². The monoisotopic (exact) mass is 433 g/mol. The Bertz CT molecular complexity index is 1230. The normalized spacial score (nSPS) is 12.9. The molecule has 0 N–H and O–H groups in total. The lowest BCUT2D eigenvalue weighted by atomic mass is 9.96. The van der Waals surface area contributed by atoms with E-state index in [2.05, 4.69) is 36.4 Å². The average molecular weight is 434 g/mol. The highest BCUT2D eigenvalue weighted by atomic mass is 16.5. The molecule has 0 heterocycles. The summed E-state index contributed by atoms with van der Waals surface area (Å²) < 4.78 is 5.71. The fraction of sp³-hybridized carbons (Fsp3) is 0.167. The molecule has 0 aromatic heterocycles. The van der Waals surface area contributed by atoms with Crippen LogP contribution in [0.4, 0.5) is 0 Å². The predicted molar refractivity (Wildman–Crippen MR) is 132 cm³/mol. The molecular formula is C30H27NO2. The van der Waals surface area contributed by atoms with Crippen molar-refractivity contribution in [2.45, 2.75) is 25.4 Å². The van der Waals surface area contributed by atoms with E-state index in [0.717, 1.165) is 29.5 Å². The predicted octanol–water partition coefficient (Wildman–Crippen LogP) is 6.17. The lowest BCUT2D eigenvalue weighted by Gasteiger charge is -2.31. The van der Waals surface area contributed by atoms with E-state index in [9.17, 15) is 4.79 Å². The quantitative estimate of drug-likeness (QED) is 0.364. The number of hydrogen-bond acceptors (Lipinski definition) is 2. The van der Waals surface area contributed by atoms with Crippen LogP contribution in [-0.2, 0) is 19.4 Å². The molecular weight excluding hydrogens is 406 g/mol. The molecule has 0 unspecified atom stereocenters. The highest BCUT2D eigenvalue weighted by Crippen LogP contribution is 2.34. The molecule has 33 heavy (non-hydrogen) atoms. The van der Waals surface area contributed by atoms with E-state index in [-0.39, 0.29) is 11.9 Å². The van der Waals surface area contributed by atoms with Gasteiger partial charge in [-0.2, -0.15) is 0 Å². The first-order valence-electron chi connectivity index (χ1n) is 11.4. The molecule has 0 atom stereocenters. The summed E-state index contributed by atoms with van der Waals surface area (Å²) >= 11 is 0. The van der Waals surface area contributed by atoms with Crippen LogP contribution >= 0.6 is 0 Å². The van der Waals surface area contributed by atoms with Crippen molar-refractivity contribution in [3.05, 3.63) is 125 Å². The van der Waals surface area contributed by atoms with Gasteiger partial charge in [0.05, 0.1) is 12.7 Å². The Balaban J connectivity index is 1.58. The van der Waals surface area contributed by atoms with E-state index in [4.69, 9.17) is 4.74 Å². The lowest BCUT2D eigenvalue weighted by Crippen LogP contribution is -2.40. The Kier molecular flexibility index (Phi) is 5.95. The van der Waals surface area contributed by atoms with Crippen LogP contribution in [0.1, 0.15) is 27.0 Å². The van der Waals surface area contributed by atoms with Gasteiger partial charge in [0, 0.05) is 12.6 Å². The number of hydrogen-bond donors (Lipinski definition) is 0. The van der Waals surface area contributed by atoms with Crippen molar-refractivity contribution >= 4 is 5.91 Å². The number of benzene rings is 4. The molecule has 1 aliphatic carbocycles. The molecule has 0 fully saturated rings. The van der Waals surface area contributed by atoms with Gasteiger partial charge in [-0.05, 0) is 46.7 Å². The smallest absolute Gasteiger partial charge is 0.258 e. The highest BCUT2D eigenvalue weighted by molar-refractivity contribution is 6.03. The van der Waals surface area contributed by atoms with Crippen molar-refractivity contribution in [1.82, 2.24) is 4.90 Å². The van der Waals surface area contributed by atoms with Gasteiger partial charge in [-0.15, -0.1) is 0 Å². The Morgan fingerprint density at radius 3 is 2.03 bits per heavy atom. The molecule has 1 amide bonds. The number of ether oxygens (including phenoxy) is 1. The summed E-state index contributed by atoms with van der Waals surface area (Å²) in [5.74, 6) is 0.614. The van der Waals surface area contributed by atoms with Gasteiger partial charge < -0.3 is 9.64 Å². The minimum absolute atomic E-state index is 0.00737. The summed E-state index contributed by atoms with van der Waals surface area (Å²) in [5, 5.41) is 0. The largest absolute Gasteiger partial charge is 0.496 e. The zero-order valence-corrected chi connectivity index (χ0v) is 18.8. The van der Waals surface area contributed by atoms with Crippen molar-refractivity contribution in [1.29, 1.82) is 0 Å². The molecule has 4 aromatic carbocycles. The summed E-state index contributed by atoms with van der Waals surface area (Å²) in [6, 6.07) is 34.8. The van der Waals surface area contributed by atoms with E-state index < -0.39 is 0 Å². The SMILES string of the molecule is COc1cccc(-c2ccccc2)c1C(=O)N(Cc1ccccc1)C1Cc2ccccc2C1. The van der Waals surface area contributed by atoms with Crippen LogP contribution in [0.5, 0.6) is 5.75 Å². The maximum Gasteiger partial charge on any atom is 0.258 e. The van der Waals surface area contributed by atoms with Gasteiger partial charge in [0.15, 0.2) is 0 Å². The molecule has 164 valence electrons. The van der Waals surface area contributed by atoms with Gasteiger partial charge in [-0.25, -0.2) is 0 Å². The van der Waals surface area contributed by atoms with Gasteiger partial charge in [0.25, 0.3) is 5.91 Å². The Morgan fingerprint density at radius 1 is 0.788 bits per heavy atom. The molecule has 4 aromatic rings. The molecule has 0 saturated carbocycles. The van der Waals surface area contributed by atoms with E-state index in [1.165, 1.54) is 11.1 Å². The van der Waals surface area contributed by atoms with Crippen LogP contribution < -0.4 is 4.74 Å². The van der Waals surface area contributed by atoms with E-state index >= 15 is 0 Å². The van der Waals surface area contributed by atoms with E-state index in [1.54, 1.807) is 7.11 Å². The molecule has 0 aliphatic heterocycles. The summed E-state index contributed by atoms with van der Waals surface area (Å²) in [5.41, 5.74) is 6.31. The third kappa shape index (κ3) is 4.27. The molecule has 0 saturated heterocycles. The molecule has 3 nitrogen and oxygen atoms in total. The van der Waals surface area contributed by atoms with E-state index in [0.29, 0.717) is 17.9 Å². The van der Waals surface area contributed by atoms with Crippen LogP contribution in [-0.4, -0.2) is 24.0 Å². The standard InChI is InChI=1S/C30H27NO2/c1-33-28-18-10-17-27(23-13-6-3-7-14-23)29(28)30(32)31(21-22-11-4-2-5-12-22)26-19-24-15-8-9-16-25(24)20-26/h2-18,26H,19-21H2,1H3. The second kappa shape index (κ2) is 9.33. The number of carbonyl (C=O) groups excluding carboxylic acids is 1. The van der Waals surface area contributed by atoms with Crippen LogP contribution in [0, 0.1) is 0 Å². The number of methoxy groups -OCH3 is 1. The highest BCUT2D eigenvalue weighted by Gasteiger charge is 2.33. The second-order valence-corrected chi connectivity index (χ2v) is 8.50. The van der Waals surface area contributed by atoms with Gasteiger partial charge in [-0.1, -0.05) is 97.1 Å². The number of fused-ring (bicyclic) bond motifs is 1. The van der Waals surface area contributed by atoms with Gasteiger partial charge in [0.2, 0.25) is 0 Å². The summed E-state index contributed by atoms with van der Waals surface area (Å²) in [7, 11) is 1.63. The van der Waals surface area contributed by atoms with Crippen molar-refractivity contribution in [3.8, 4) is 16.9 Å². The molecule has 5 rings (SSSR count). The summed E-state index contributed by atoms with van der Waals surface area (Å²) in [4.78, 5) is 16.3. The first-order valence-corrected chi connectivity index (χ1v) is 11.4. The number of nitrogens with zero attached hydrogens (tertiary/aromatic N) is 1. The zero-order chi connectivity index (χ0) is 22.6. The van der Waals surface area contributed by atoms with Crippen LogP contribution in [0.3, 0.4) is 0 Å². The molecule has 0 radical (unpaired) electrons. The van der Waals surface area contributed by atoms with Crippen molar-refractivity contribution < 1.29 is 9.53 Å². The molecule has 1 aliphatic rings. The fourth-order valence-corrected chi connectivity index (χ4v) is 4.83. The molecule has 0 bridgehead atoms. The molecule has 3 heteroatoms. The number of rotatable bonds is 6. The topological polar surface area (TPSA) is 29.5 Å². The third-order valence-corrected chi connectivity index (χ3v) is 6.47. The van der Waals surface area contributed by atoms with Crippen molar-refractivity contribution in [3.63, 3.8) is 0 Å². The van der Waals surface area contributed by atoms with Gasteiger partial charge >= 0.3 is 0 Å². The van der Waals surface area contributed by atoms with Gasteiger partial charge in [-0.3, -0.25) is 4.79 Å². The minimum atomic E-state index is 0.00737. The minimum Gasteiger partial charge on any atom is -0.496 e. The zero-order valence-electron chi connectivity index (χ0n) is 18.8. The van der Waals surface area contributed by atoms with Gasteiger partial charge in [0.1, 0.15) is 5.75 Å². The lowest BCUT2D eigenvalue weighted by molar-refractivity contribution is 0.0665.